The molecule has 3 heteroatoms. The molecular formula is C22H22N2O. The van der Waals surface area contributed by atoms with Crippen LogP contribution < -0.4 is 0 Å². The zero-order chi connectivity index (χ0) is 17.1. The Morgan fingerprint density at radius 1 is 0.920 bits per heavy atom. The molecule has 0 unspecified atom stereocenters. The Bertz CT molecular complexity index is 839. The lowest BCUT2D eigenvalue weighted by Crippen LogP contribution is -2.30. The zero-order valence-corrected chi connectivity index (χ0v) is 14.2. The van der Waals surface area contributed by atoms with Gasteiger partial charge >= 0.3 is 0 Å². The van der Waals surface area contributed by atoms with Gasteiger partial charge in [0.25, 0.3) is 5.91 Å². The van der Waals surface area contributed by atoms with E-state index in [0.717, 1.165) is 31.7 Å². The van der Waals surface area contributed by atoms with E-state index in [2.05, 4.69) is 36.4 Å². The van der Waals surface area contributed by atoms with Gasteiger partial charge in [0.1, 0.15) is 5.69 Å². The van der Waals surface area contributed by atoms with Crippen molar-refractivity contribution in [2.45, 2.75) is 18.9 Å². The van der Waals surface area contributed by atoms with Gasteiger partial charge < -0.3 is 9.47 Å². The third kappa shape index (κ3) is 3.36. The first-order valence-corrected chi connectivity index (χ1v) is 8.84. The number of carbonyl (C=O) groups excluding carboxylic acids is 1. The minimum atomic E-state index is 0.138. The van der Waals surface area contributed by atoms with E-state index in [1.807, 2.05) is 52.1 Å². The molecule has 1 aromatic heterocycles. The van der Waals surface area contributed by atoms with E-state index >= 15 is 0 Å². The lowest BCUT2D eigenvalue weighted by molar-refractivity contribution is 0.0780. The Morgan fingerprint density at radius 2 is 1.64 bits per heavy atom. The molecule has 3 nitrogen and oxygen atoms in total. The minimum absolute atomic E-state index is 0.138. The van der Waals surface area contributed by atoms with Gasteiger partial charge in [0.05, 0.1) is 0 Å². The number of hydrogen-bond donors (Lipinski definition) is 0. The first-order valence-electron chi connectivity index (χ1n) is 8.84. The molecule has 0 spiro atoms. The van der Waals surface area contributed by atoms with Crippen molar-refractivity contribution in [1.82, 2.24) is 9.47 Å². The van der Waals surface area contributed by atoms with Gasteiger partial charge in [0.2, 0.25) is 0 Å². The monoisotopic (exact) mass is 330 g/mol. The van der Waals surface area contributed by atoms with E-state index in [9.17, 15) is 4.79 Å². The van der Waals surface area contributed by atoms with Crippen molar-refractivity contribution in [2.75, 3.05) is 13.1 Å². The summed E-state index contributed by atoms with van der Waals surface area (Å²) in [6, 6.07) is 24.7. The molecule has 2 heterocycles. The van der Waals surface area contributed by atoms with E-state index in [1.54, 1.807) is 0 Å². The second-order valence-corrected chi connectivity index (χ2v) is 6.65. The molecule has 126 valence electrons. The number of likely N-dealkylation sites (tertiary alicyclic amines) is 1. The van der Waals surface area contributed by atoms with E-state index in [1.165, 1.54) is 11.1 Å². The van der Waals surface area contributed by atoms with Crippen LogP contribution in [-0.2, 0) is 6.54 Å². The SMILES string of the molecule is O=C(c1cccn1Cc1ccccc1)N1CC[C@H](c2ccccc2)C1. The Balaban J connectivity index is 1.48. The van der Waals surface area contributed by atoms with E-state index < -0.39 is 0 Å². The average Bonchev–Trinajstić information content (AvgIpc) is 3.32. The summed E-state index contributed by atoms with van der Waals surface area (Å²) in [6.07, 6.45) is 3.03. The molecule has 1 fully saturated rings. The fourth-order valence-electron chi connectivity index (χ4n) is 3.63. The first-order chi connectivity index (χ1) is 12.3. The molecule has 4 rings (SSSR count). The maximum atomic E-state index is 13.0. The van der Waals surface area contributed by atoms with Crippen LogP contribution in [-0.4, -0.2) is 28.5 Å². The summed E-state index contributed by atoms with van der Waals surface area (Å²) >= 11 is 0. The van der Waals surface area contributed by atoms with Crippen LogP contribution in [0.1, 0.15) is 34.0 Å². The highest BCUT2D eigenvalue weighted by atomic mass is 16.2. The van der Waals surface area contributed by atoms with Crippen LogP contribution in [0.25, 0.3) is 0 Å². The highest BCUT2D eigenvalue weighted by Gasteiger charge is 2.29. The molecule has 0 aliphatic carbocycles. The van der Waals surface area contributed by atoms with Crippen LogP contribution >= 0.6 is 0 Å². The highest BCUT2D eigenvalue weighted by Crippen LogP contribution is 2.28. The molecule has 1 aliphatic heterocycles. The normalized spacial score (nSPS) is 17.0. The maximum Gasteiger partial charge on any atom is 0.270 e. The Morgan fingerprint density at radius 3 is 2.40 bits per heavy atom. The molecule has 1 atom stereocenters. The molecule has 1 saturated heterocycles. The van der Waals surface area contributed by atoms with Crippen LogP contribution in [0.4, 0.5) is 0 Å². The number of aromatic nitrogens is 1. The van der Waals surface area contributed by atoms with Crippen LogP contribution in [0.2, 0.25) is 0 Å². The van der Waals surface area contributed by atoms with Gasteiger partial charge in [-0.05, 0) is 29.7 Å². The van der Waals surface area contributed by atoms with Crippen molar-refractivity contribution >= 4 is 5.91 Å². The molecule has 2 aromatic carbocycles. The molecule has 0 saturated carbocycles. The van der Waals surface area contributed by atoms with Crippen LogP contribution in [0.5, 0.6) is 0 Å². The largest absolute Gasteiger partial charge is 0.339 e. The van der Waals surface area contributed by atoms with Gasteiger partial charge in [-0.2, -0.15) is 0 Å². The maximum absolute atomic E-state index is 13.0. The predicted molar refractivity (Wildman–Crippen MR) is 99.7 cm³/mol. The summed E-state index contributed by atoms with van der Waals surface area (Å²) < 4.78 is 2.05. The number of rotatable bonds is 4. The molecule has 1 aliphatic rings. The number of hydrogen-bond acceptors (Lipinski definition) is 1. The topological polar surface area (TPSA) is 25.2 Å². The van der Waals surface area contributed by atoms with Gasteiger partial charge in [-0.25, -0.2) is 0 Å². The molecule has 0 bridgehead atoms. The zero-order valence-electron chi connectivity index (χ0n) is 14.2. The van der Waals surface area contributed by atoms with E-state index in [4.69, 9.17) is 0 Å². The molecule has 1 amide bonds. The first kappa shape index (κ1) is 15.7. The molecule has 25 heavy (non-hydrogen) atoms. The number of amides is 1. The smallest absolute Gasteiger partial charge is 0.270 e. The average molecular weight is 330 g/mol. The fraction of sp³-hybridized carbons (Fsp3) is 0.227. The summed E-state index contributed by atoms with van der Waals surface area (Å²) in [7, 11) is 0. The third-order valence-electron chi connectivity index (χ3n) is 4.99. The van der Waals surface area contributed by atoms with Crippen molar-refractivity contribution in [1.29, 1.82) is 0 Å². The lowest BCUT2D eigenvalue weighted by atomic mass is 9.99. The number of carbonyl (C=O) groups is 1. The predicted octanol–water partition coefficient (Wildman–Crippen LogP) is 4.17. The van der Waals surface area contributed by atoms with E-state index in [-0.39, 0.29) is 5.91 Å². The third-order valence-corrected chi connectivity index (χ3v) is 4.99. The molecule has 3 aromatic rings. The van der Waals surface area contributed by atoms with Gasteiger partial charge in [0, 0.05) is 31.7 Å². The lowest BCUT2D eigenvalue weighted by Gasteiger charge is -2.18. The van der Waals surface area contributed by atoms with Crippen molar-refractivity contribution in [3.63, 3.8) is 0 Å². The summed E-state index contributed by atoms with van der Waals surface area (Å²) in [4.78, 5) is 15.0. The second-order valence-electron chi connectivity index (χ2n) is 6.65. The van der Waals surface area contributed by atoms with Crippen molar-refractivity contribution in [3.8, 4) is 0 Å². The minimum Gasteiger partial charge on any atom is -0.339 e. The summed E-state index contributed by atoms with van der Waals surface area (Å²) in [5, 5.41) is 0. The summed E-state index contributed by atoms with van der Waals surface area (Å²) in [6.45, 7) is 2.36. The van der Waals surface area contributed by atoms with Crippen LogP contribution in [0, 0.1) is 0 Å². The Kier molecular flexibility index (Phi) is 4.38. The number of benzene rings is 2. The van der Waals surface area contributed by atoms with Gasteiger partial charge in [-0.1, -0.05) is 60.7 Å². The number of nitrogens with zero attached hydrogens (tertiary/aromatic N) is 2. The summed E-state index contributed by atoms with van der Waals surface area (Å²) in [5.41, 5.74) is 3.31. The second kappa shape index (κ2) is 6.98. The van der Waals surface area contributed by atoms with Crippen molar-refractivity contribution in [3.05, 3.63) is 95.8 Å². The molecule has 0 N–H and O–H groups in total. The molecular weight excluding hydrogens is 308 g/mol. The van der Waals surface area contributed by atoms with E-state index in [0.29, 0.717) is 5.92 Å². The van der Waals surface area contributed by atoms with Crippen LogP contribution in [0.15, 0.2) is 79.0 Å². The highest BCUT2D eigenvalue weighted by molar-refractivity contribution is 5.93. The standard InChI is InChI=1S/C22H22N2O/c25-22(24-15-13-20(17-24)19-10-5-2-6-11-19)21-12-7-14-23(21)16-18-8-3-1-4-9-18/h1-12,14,20H,13,15-17H2/t20-/m0/s1. The van der Waals surface area contributed by atoms with Crippen molar-refractivity contribution in [2.24, 2.45) is 0 Å². The van der Waals surface area contributed by atoms with Gasteiger partial charge in [0.15, 0.2) is 0 Å². The van der Waals surface area contributed by atoms with Crippen molar-refractivity contribution < 1.29 is 4.79 Å². The summed E-state index contributed by atoms with van der Waals surface area (Å²) in [5.74, 6) is 0.585. The van der Waals surface area contributed by atoms with Gasteiger partial charge in [-0.15, -0.1) is 0 Å². The Labute approximate surface area is 148 Å². The van der Waals surface area contributed by atoms with Gasteiger partial charge in [-0.3, -0.25) is 4.79 Å². The quantitative estimate of drug-likeness (QED) is 0.705. The fourth-order valence-corrected chi connectivity index (χ4v) is 3.63. The van der Waals surface area contributed by atoms with Crippen LogP contribution in [0.3, 0.4) is 0 Å². The Hall–Kier alpha value is -2.81. The molecule has 0 radical (unpaired) electrons.